The van der Waals surface area contributed by atoms with Crippen molar-refractivity contribution in [1.82, 2.24) is 0 Å². The summed E-state index contributed by atoms with van der Waals surface area (Å²) in [6, 6.07) is 64.9. The van der Waals surface area contributed by atoms with Gasteiger partial charge in [0.1, 0.15) is 0 Å². The maximum absolute atomic E-state index is 3.80. The van der Waals surface area contributed by atoms with Gasteiger partial charge in [0.05, 0.1) is 0 Å². The molecule has 0 bridgehead atoms. The lowest BCUT2D eigenvalue weighted by Gasteiger charge is -2.20. The van der Waals surface area contributed by atoms with Crippen LogP contribution >= 0.6 is 0 Å². The van der Waals surface area contributed by atoms with E-state index in [-0.39, 0.29) is 0 Å². The van der Waals surface area contributed by atoms with Crippen LogP contribution in [0.15, 0.2) is 237 Å². The Balaban J connectivity index is 0.000000647. The number of rotatable bonds is 8. The molecular formula is C61H54. The van der Waals surface area contributed by atoms with Crippen molar-refractivity contribution in [2.75, 3.05) is 0 Å². The largest absolute Gasteiger partial charge is 0.0991 e. The molecule has 298 valence electrons. The van der Waals surface area contributed by atoms with E-state index in [9.17, 15) is 0 Å². The standard InChI is InChI=1S/C53H38.2C4H8/c1-2-3-4-5-7-15-37-24-32-48-50(34-37)53(45-30-25-39-18-10-11-20-43(39)35-45)49-33-31-44(38-16-8-6-9-17-38)36-51(49)52(48)42-28-26-41(27-29-42)47-23-14-21-40-19-12-13-22-46(40)47;2*1-3-4-2/h2-14,16-36H,1,15H2;2*3-4H,1-2H3/b4-3-,7-5-;2*4-3-. The lowest BCUT2D eigenvalue weighted by atomic mass is 9.83. The molecule has 0 heteroatoms. The van der Waals surface area contributed by atoms with Gasteiger partial charge in [-0.05, 0) is 139 Å². The Hall–Kier alpha value is -7.28. The molecule has 0 amide bonds. The molecule has 0 N–H and O–H groups in total. The molecule has 0 nitrogen and oxygen atoms in total. The van der Waals surface area contributed by atoms with E-state index in [0.29, 0.717) is 0 Å². The number of fused-ring (bicyclic) bond motifs is 4. The Morgan fingerprint density at radius 3 is 1.66 bits per heavy atom. The fourth-order valence-corrected chi connectivity index (χ4v) is 7.90. The zero-order chi connectivity index (χ0) is 42.4. The van der Waals surface area contributed by atoms with E-state index in [1.54, 1.807) is 6.08 Å². The lowest BCUT2D eigenvalue weighted by Crippen LogP contribution is -1.94. The Morgan fingerprint density at radius 2 is 0.934 bits per heavy atom. The normalized spacial score (nSPS) is 11.5. The Bertz CT molecular complexity index is 3000. The van der Waals surface area contributed by atoms with Gasteiger partial charge in [-0.25, -0.2) is 0 Å². The van der Waals surface area contributed by atoms with Crippen molar-refractivity contribution in [3.05, 3.63) is 243 Å². The minimum atomic E-state index is 0.842. The molecule has 0 heterocycles. The van der Waals surface area contributed by atoms with Gasteiger partial charge >= 0.3 is 0 Å². The van der Waals surface area contributed by atoms with Crippen molar-refractivity contribution >= 4 is 43.1 Å². The molecule has 0 spiro atoms. The zero-order valence-corrected chi connectivity index (χ0v) is 35.9. The van der Waals surface area contributed by atoms with E-state index in [1.807, 2.05) is 64.2 Å². The monoisotopic (exact) mass is 786 g/mol. The minimum absolute atomic E-state index is 0.842. The third-order valence-corrected chi connectivity index (χ3v) is 11.1. The van der Waals surface area contributed by atoms with Crippen molar-refractivity contribution in [3.63, 3.8) is 0 Å². The van der Waals surface area contributed by atoms with Gasteiger partial charge in [-0.15, -0.1) is 0 Å². The molecule has 61 heavy (non-hydrogen) atoms. The second kappa shape index (κ2) is 20.6. The molecule has 9 aromatic rings. The van der Waals surface area contributed by atoms with Gasteiger partial charge in [-0.2, -0.15) is 0 Å². The first-order chi connectivity index (χ1) is 30.1. The molecule has 0 aliphatic heterocycles. The minimum Gasteiger partial charge on any atom is -0.0991 e. The predicted molar refractivity (Wildman–Crippen MR) is 271 cm³/mol. The van der Waals surface area contributed by atoms with Crippen molar-refractivity contribution in [1.29, 1.82) is 0 Å². The molecule has 0 saturated carbocycles. The van der Waals surface area contributed by atoms with Gasteiger partial charge in [0.2, 0.25) is 0 Å². The highest BCUT2D eigenvalue weighted by atomic mass is 14.2. The maximum atomic E-state index is 3.80. The van der Waals surface area contributed by atoms with Crippen LogP contribution in [0.2, 0.25) is 0 Å². The Morgan fingerprint density at radius 1 is 0.361 bits per heavy atom. The lowest BCUT2D eigenvalue weighted by molar-refractivity contribution is 1.28. The summed E-state index contributed by atoms with van der Waals surface area (Å²) in [4.78, 5) is 0. The quantitative estimate of drug-likeness (QED) is 0.0817. The molecule has 0 saturated heterocycles. The third kappa shape index (κ3) is 9.62. The molecule has 0 radical (unpaired) electrons. The van der Waals surface area contributed by atoms with Crippen LogP contribution in [0, 0.1) is 0 Å². The maximum Gasteiger partial charge on any atom is -0.00260 e. The fraction of sp³-hybridized carbons (Fsp3) is 0.0820. The van der Waals surface area contributed by atoms with Gasteiger partial charge in [-0.3, -0.25) is 0 Å². The second-order valence-electron chi connectivity index (χ2n) is 15.0. The zero-order valence-electron chi connectivity index (χ0n) is 35.9. The van der Waals surface area contributed by atoms with Gasteiger partial charge in [0, 0.05) is 0 Å². The van der Waals surface area contributed by atoms with E-state index in [2.05, 4.69) is 195 Å². The summed E-state index contributed by atoms with van der Waals surface area (Å²) >= 11 is 0. The van der Waals surface area contributed by atoms with E-state index in [4.69, 9.17) is 0 Å². The molecule has 0 aliphatic carbocycles. The average Bonchev–Trinajstić information content (AvgIpc) is 3.33. The summed E-state index contributed by atoms with van der Waals surface area (Å²) in [5.74, 6) is 0. The number of benzene rings is 9. The Labute approximate surface area is 362 Å². The van der Waals surface area contributed by atoms with E-state index in [1.165, 1.54) is 93.2 Å². The van der Waals surface area contributed by atoms with Crippen molar-refractivity contribution < 1.29 is 0 Å². The first-order valence-corrected chi connectivity index (χ1v) is 21.3. The van der Waals surface area contributed by atoms with Gasteiger partial charge in [0.25, 0.3) is 0 Å². The van der Waals surface area contributed by atoms with Crippen LogP contribution in [0.5, 0.6) is 0 Å². The number of allylic oxidation sites excluding steroid dienone is 9. The van der Waals surface area contributed by atoms with Crippen LogP contribution in [-0.2, 0) is 6.42 Å². The van der Waals surface area contributed by atoms with E-state index >= 15 is 0 Å². The fourth-order valence-electron chi connectivity index (χ4n) is 7.90. The molecule has 0 unspecified atom stereocenters. The summed E-state index contributed by atoms with van der Waals surface area (Å²) in [5.41, 5.74) is 11.1. The van der Waals surface area contributed by atoms with Crippen molar-refractivity contribution in [2.45, 2.75) is 34.1 Å². The highest BCUT2D eigenvalue weighted by Crippen LogP contribution is 2.46. The SMILES string of the molecule is C/C=C\C.C/C=C\C.C=C/C=C\C=C/Cc1ccc2c(-c3ccc(-c4cccc5ccccc45)cc3)c3cc(-c4ccccc4)ccc3c(-c3ccc4ccccc4c3)c2c1. The molecule has 0 atom stereocenters. The molecule has 0 fully saturated rings. The number of hydrogen-bond donors (Lipinski definition) is 0. The van der Waals surface area contributed by atoms with E-state index < -0.39 is 0 Å². The highest BCUT2D eigenvalue weighted by Gasteiger charge is 2.19. The van der Waals surface area contributed by atoms with Crippen LogP contribution in [0.25, 0.3) is 87.6 Å². The molecule has 0 aliphatic rings. The van der Waals surface area contributed by atoms with E-state index in [0.717, 1.165) is 6.42 Å². The van der Waals surface area contributed by atoms with Gasteiger partial charge < -0.3 is 0 Å². The van der Waals surface area contributed by atoms with Crippen LogP contribution < -0.4 is 0 Å². The average molecular weight is 787 g/mol. The van der Waals surface area contributed by atoms with Gasteiger partial charge in [0.15, 0.2) is 0 Å². The predicted octanol–water partition coefficient (Wildman–Crippen LogP) is 18.0. The first-order valence-electron chi connectivity index (χ1n) is 21.3. The van der Waals surface area contributed by atoms with Crippen LogP contribution in [0.1, 0.15) is 33.3 Å². The van der Waals surface area contributed by atoms with Crippen LogP contribution in [-0.4, -0.2) is 0 Å². The van der Waals surface area contributed by atoms with Crippen LogP contribution in [0.4, 0.5) is 0 Å². The van der Waals surface area contributed by atoms with Gasteiger partial charge in [-0.1, -0.05) is 225 Å². The molecule has 9 rings (SSSR count). The summed E-state index contributed by atoms with van der Waals surface area (Å²) in [6.07, 6.45) is 19.0. The molecule has 0 aromatic heterocycles. The topological polar surface area (TPSA) is 0 Å². The first kappa shape index (κ1) is 41.9. The smallest absolute Gasteiger partial charge is 0.00260 e. The summed E-state index contributed by atoms with van der Waals surface area (Å²) in [7, 11) is 0. The van der Waals surface area contributed by atoms with Crippen LogP contribution in [0.3, 0.4) is 0 Å². The molecular weight excluding hydrogens is 733 g/mol. The van der Waals surface area contributed by atoms with Crippen molar-refractivity contribution in [2.24, 2.45) is 0 Å². The second-order valence-corrected chi connectivity index (χ2v) is 15.0. The summed E-state index contributed by atoms with van der Waals surface area (Å²) in [5, 5.41) is 10.0. The summed E-state index contributed by atoms with van der Waals surface area (Å²) in [6.45, 7) is 11.8. The van der Waals surface area contributed by atoms with Crippen molar-refractivity contribution in [3.8, 4) is 44.5 Å². The molecule has 9 aromatic carbocycles. The summed E-state index contributed by atoms with van der Waals surface area (Å²) < 4.78 is 0. The number of hydrogen-bond acceptors (Lipinski definition) is 0. The Kier molecular flexibility index (Phi) is 14.1. The third-order valence-electron chi connectivity index (χ3n) is 11.1. The highest BCUT2D eigenvalue weighted by molar-refractivity contribution is 6.22.